The Kier molecular flexibility index (Phi) is 5.70. The molecule has 2 saturated carbocycles. The van der Waals surface area contributed by atoms with E-state index in [0.717, 1.165) is 0 Å². The minimum atomic E-state index is -0.195. The first-order chi connectivity index (χ1) is 13.7. The van der Waals surface area contributed by atoms with Crippen LogP contribution in [0.3, 0.4) is 0 Å². The molecule has 1 heterocycles. The summed E-state index contributed by atoms with van der Waals surface area (Å²) in [5.74, 6) is 1.51. The Hall–Kier alpha value is -2.69. The Labute approximate surface area is 165 Å². The van der Waals surface area contributed by atoms with Crippen molar-refractivity contribution in [2.75, 3.05) is 6.54 Å². The summed E-state index contributed by atoms with van der Waals surface area (Å²) < 4.78 is 0. The first-order valence-corrected chi connectivity index (χ1v) is 10.3. The van der Waals surface area contributed by atoms with Crippen LogP contribution in [0.5, 0.6) is 0 Å². The second-order valence-corrected chi connectivity index (χ2v) is 7.89. The predicted octanol–water partition coefficient (Wildman–Crippen LogP) is 3.29. The van der Waals surface area contributed by atoms with E-state index in [1.165, 1.54) is 37.4 Å². The highest BCUT2D eigenvalue weighted by molar-refractivity contribution is 5.94. The van der Waals surface area contributed by atoms with E-state index in [9.17, 15) is 9.59 Å². The van der Waals surface area contributed by atoms with E-state index in [1.54, 1.807) is 18.3 Å². The van der Waals surface area contributed by atoms with Gasteiger partial charge in [0.1, 0.15) is 0 Å². The maximum Gasteiger partial charge on any atom is 0.252 e. The largest absolute Gasteiger partial charge is 0.352 e. The number of fused-ring (bicyclic) bond motifs is 1. The highest BCUT2D eigenvalue weighted by Gasteiger charge is 2.51. The zero-order chi connectivity index (χ0) is 19.3. The highest BCUT2D eigenvalue weighted by atomic mass is 16.2. The summed E-state index contributed by atoms with van der Waals surface area (Å²) >= 11 is 0. The molecule has 28 heavy (non-hydrogen) atoms. The van der Waals surface area contributed by atoms with E-state index in [4.69, 9.17) is 0 Å². The topological polar surface area (TPSA) is 71.1 Å². The number of carbonyl (C=O) groups is 2. The maximum atomic E-state index is 12.5. The first-order valence-electron chi connectivity index (χ1n) is 10.3. The molecule has 5 nitrogen and oxygen atoms in total. The maximum absolute atomic E-state index is 12.5. The number of pyridine rings is 1. The smallest absolute Gasteiger partial charge is 0.252 e. The molecule has 4 atom stereocenters. The van der Waals surface area contributed by atoms with Gasteiger partial charge in [0.05, 0.1) is 5.56 Å². The Balaban J connectivity index is 1.32. The van der Waals surface area contributed by atoms with Gasteiger partial charge in [-0.3, -0.25) is 14.6 Å². The normalized spacial score (nSPS) is 25.9. The highest BCUT2D eigenvalue weighted by Crippen LogP contribution is 2.54. The molecule has 2 amide bonds. The molecule has 0 bridgehead atoms. The Morgan fingerprint density at radius 1 is 1.00 bits per heavy atom. The van der Waals surface area contributed by atoms with E-state index in [0.29, 0.717) is 36.3 Å². The molecule has 146 valence electrons. The van der Waals surface area contributed by atoms with Crippen LogP contribution in [-0.2, 0) is 4.79 Å². The van der Waals surface area contributed by atoms with Crippen LogP contribution >= 0.6 is 0 Å². The van der Waals surface area contributed by atoms with Gasteiger partial charge < -0.3 is 10.6 Å². The second-order valence-electron chi connectivity index (χ2n) is 7.89. The second kappa shape index (κ2) is 8.55. The number of aromatic nitrogens is 1. The molecule has 2 aromatic rings. The van der Waals surface area contributed by atoms with Crippen LogP contribution < -0.4 is 10.6 Å². The monoisotopic (exact) mass is 377 g/mol. The van der Waals surface area contributed by atoms with Gasteiger partial charge in [-0.1, -0.05) is 43.2 Å². The molecule has 0 spiro atoms. The van der Waals surface area contributed by atoms with E-state index in [2.05, 4.69) is 39.9 Å². The molecule has 2 fully saturated rings. The molecule has 0 aliphatic heterocycles. The number of nitrogens with zero attached hydrogens (tertiary/aromatic N) is 1. The van der Waals surface area contributed by atoms with Crippen molar-refractivity contribution in [3.8, 4) is 0 Å². The fourth-order valence-corrected chi connectivity index (χ4v) is 4.94. The number of amides is 2. The number of carbonyl (C=O) groups excluding carboxylic acids is 2. The average molecular weight is 377 g/mol. The van der Waals surface area contributed by atoms with E-state index < -0.39 is 0 Å². The molecule has 4 rings (SSSR count). The molecule has 2 N–H and O–H groups in total. The predicted molar refractivity (Wildman–Crippen MR) is 108 cm³/mol. The zero-order valence-corrected chi connectivity index (χ0v) is 16.0. The Morgan fingerprint density at radius 3 is 2.54 bits per heavy atom. The van der Waals surface area contributed by atoms with Gasteiger partial charge in [-0.25, -0.2) is 0 Å². The fraction of sp³-hybridized carbons (Fsp3) is 0.435. The number of nitrogens with one attached hydrogen (secondary N) is 2. The van der Waals surface area contributed by atoms with E-state index in [1.807, 2.05) is 6.07 Å². The van der Waals surface area contributed by atoms with E-state index >= 15 is 0 Å². The lowest BCUT2D eigenvalue weighted by Gasteiger charge is -2.55. The lowest BCUT2D eigenvalue weighted by molar-refractivity contribution is -0.124. The molecule has 0 radical (unpaired) electrons. The standard InChI is InChI=1S/C23H27N3O2/c27-20(12-14-25-23(28)17-9-6-13-24-15-17)26-22-19-11-5-4-10-18(19)21(22)16-7-2-1-3-8-16/h1-3,6-9,13,15,18-19,21-22H,4-5,10-12,14H2,(H,25,28)(H,26,27)/t18-,19-,21+,22+/m1/s1. The van der Waals surface area contributed by atoms with Crippen molar-refractivity contribution in [2.24, 2.45) is 11.8 Å². The van der Waals surface area contributed by atoms with Gasteiger partial charge in [0.2, 0.25) is 5.91 Å². The summed E-state index contributed by atoms with van der Waals surface area (Å²) in [6.07, 6.45) is 8.47. The summed E-state index contributed by atoms with van der Waals surface area (Å²) in [5.41, 5.74) is 1.84. The van der Waals surface area contributed by atoms with Gasteiger partial charge in [0, 0.05) is 37.3 Å². The summed E-state index contributed by atoms with van der Waals surface area (Å²) in [4.78, 5) is 28.5. The molecule has 1 aromatic carbocycles. The summed E-state index contributed by atoms with van der Waals surface area (Å²) in [5, 5.41) is 6.07. The number of hydrogen-bond donors (Lipinski definition) is 2. The molecule has 2 aliphatic rings. The van der Waals surface area contributed by atoms with Crippen molar-refractivity contribution >= 4 is 11.8 Å². The first kappa shape index (κ1) is 18.7. The van der Waals surface area contributed by atoms with Crippen LogP contribution in [0, 0.1) is 11.8 Å². The molecule has 2 aliphatic carbocycles. The van der Waals surface area contributed by atoms with Crippen LogP contribution in [0.2, 0.25) is 0 Å². The van der Waals surface area contributed by atoms with Crippen molar-refractivity contribution in [1.29, 1.82) is 0 Å². The van der Waals surface area contributed by atoms with Crippen LogP contribution in [0.1, 0.15) is 53.9 Å². The average Bonchev–Trinajstić information content (AvgIpc) is 2.74. The molecular formula is C23H27N3O2. The van der Waals surface area contributed by atoms with Crippen molar-refractivity contribution in [1.82, 2.24) is 15.6 Å². The van der Waals surface area contributed by atoms with E-state index in [-0.39, 0.29) is 17.9 Å². The Bertz CT molecular complexity index is 809. The third-order valence-corrected chi connectivity index (χ3v) is 6.26. The van der Waals surface area contributed by atoms with Gasteiger partial charge in [0.15, 0.2) is 0 Å². The lowest BCUT2D eigenvalue weighted by Crippen LogP contribution is -2.59. The lowest BCUT2D eigenvalue weighted by atomic mass is 9.53. The van der Waals surface area contributed by atoms with Gasteiger partial charge in [-0.15, -0.1) is 0 Å². The van der Waals surface area contributed by atoms with Crippen LogP contribution in [0.25, 0.3) is 0 Å². The number of rotatable bonds is 6. The van der Waals surface area contributed by atoms with Crippen LogP contribution in [-0.4, -0.2) is 29.4 Å². The third kappa shape index (κ3) is 3.93. The van der Waals surface area contributed by atoms with Crippen LogP contribution in [0.4, 0.5) is 0 Å². The van der Waals surface area contributed by atoms with Crippen molar-refractivity contribution in [3.63, 3.8) is 0 Å². The quantitative estimate of drug-likeness (QED) is 0.811. The summed E-state index contributed by atoms with van der Waals surface area (Å²) in [6, 6.07) is 14.2. The van der Waals surface area contributed by atoms with Crippen molar-refractivity contribution in [3.05, 3.63) is 66.0 Å². The van der Waals surface area contributed by atoms with Crippen molar-refractivity contribution in [2.45, 2.75) is 44.1 Å². The van der Waals surface area contributed by atoms with Crippen LogP contribution in [0.15, 0.2) is 54.9 Å². The molecule has 1 aromatic heterocycles. The SMILES string of the molecule is O=C(CCNC(=O)c1cccnc1)N[C@H]1[C@@H]2CCCC[C@H]2[C@@H]1c1ccccc1. The minimum absolute atomic E-state index is 0.0152. The molecular weight excluding hydrogens is 350 g/mol. The minimum Gasteiger partial charge on any atom is -0.352 e. The molecule has 5 heteroatoms. The van der Waals surface area contributed by atoms with Gasteiger partial charge in [-0.2, -0.15) is 0 Å². The van der Waals surface area contributed by atoms with Gasteiger partial charge in [0.25, 0.3) is 5.91 Å². The summed E-state index contributed by atoms with van der Waals surface area (Å²) in [7, 11) is 0. The van der Waals surface area contributed by atoms with Gasteiger partial charge in [-0.05, 0) is 42.4 Å². The zero-order valence-electron chi connectivity index (χ0n) is 16.0. The fourth-order valence-electron chi connectivity index (χ4n) is 4.94. The third-order valence-electron chi connectivity index (χ3n) is 6.26. The molecule has 0 saturated heterocycles. The summed E-state index contributed by atoms with van der Waals surface area (Å²) in [6.45, 7) is 0.330. The van der Waals surface area contributed by atoms with Gasteiger partial charge >= 0.3 is 0 Å². The number of hydrogen-bond acceptors (Lipinski definition) is 3. The molecule has 0 unspecified atom stereocenters. The number of benzene rings is 1. The Morgan fingerprint density at radius 2 is 1.79 bits per heavy atom. The van der Waals surface area contributed by atoms with Crippen molar-refractivity contribution < 1.29 is 9.59 Å².